The number of aldehydes is 1. The topological polar surface area (TPSA) is 43.4 Å². The molecule has 0 saturated carbocycles. The molecule has 0 aromatic heterocycles. The van der Waals surface area contributed by atoms with Gasteiger partial charge in [-0.05, 0) is 12.5 Å². The van der Waals surface area contributed by atoms with Crippen LogP contribution in [0.3, 0.4) is 0 Å². The third kappa shape index (κ3) is 2.19. The molecule has 14 heavy (non-hydrogen) atoms. The molecular weight excluding hydrogens is 180 g/mol. The van der Waals surface area contributed by atoms with Crippen LogP contribution >= 0.6 is 0 Å². The maximum absolute atomic E-state index is 11.2. The summed E-state index contributed by atoms with van der Waals surface area (Å²) in [5, 5.41) is 0. The van der Waals surface area contributed by atoms with Crippen LogP contribution in [0.1, 0.15) is 17.0 Å². The minimum absolute atomic E-state index is 0.523. The van der Waals surface area contributed by atoms with Gasteiger partial charge in [0.1, 0.15) is 12.2 Å². The molecule has 74 valence electrons. The Morgan fingerprint density at radius 2 is 2.21 bits per heavy atom. The summed E-state index contributed by atoms with van der Waals surface area (Å²) in [7, 11) is 1.27. The van der Waals surface area contributed by atoms with Crippen LogP contribution in [0.25, 0.3) is 0 Å². The molecule has 0 saturated heterocycles. The Kier molecular flexibility index (Phi) is 3.40. The van der Waals surface area contributed by atoms with Gasteiger partial charge in [0.2, 0.25) is 0 Å². The quantitative estimate of drug-likeness (QED) is 0.413. The monoisotopic (exact) mass is 192 g/mol. The maximum Gasteiger partial charge on any atom is 0.320 e. The first-order valence-corrected chi connectivity index (χ1v) is 4.28. The number of hydrogen-bond acceptors (Lipinski definition) is 3. The second-order valence-corrected chi connectivity index (χ2v) is 3.05. The predicted molar refractivity (Wildman–Crippen MR) is 52.0 cm³/mol. The number of carbonyl (C=O) groups is 2. The molecule has 0 amide bonds. The van der Waals surface area contributed by atoms with E-state index in [4.69, 9.17) is 0 Å². The molecule has 3 nitrogen and oxygen atoms in total. The highest BCUT2D eigenvalue weighted by atomic mass is 16.5. The summed E-state index contributed by atoms with van der Waals surface area (Å²) >= 11 is 0. The molecule has 1 aromatic rings. The fourth-order valence-electron chi connectivity index (χ4n) is 1.26. The van der Waals surface area contributed by atoms with Crippen molar-refractivity contribution < 1.29 is 14.3 Å². The summed E-state index contributed by atoms with van der Waals surface area (Å²) in [5.74, 6) is -1.33. The second-order valence-electron chi connectivity index (χ2n) is 3.05. The van der Waals surface area contributed by atoms with E-state index >= 15 is 0 Å². The Hall–Kier alpha value is -1.64. The molecule has 1 atom stereocenters. The molecule has 3 heteroatoms. The highest BCUT2D eigenvalue weighted by Gasteiger charge is 2.20. The average Bonchev–Trinajstić information content (AvgIpc) is 2.19. The average molecular weight is 192 g/mol. The van der Waals surface area contributed by atoms with E-state index in [-0.39, 0.29) is 0 Å². The molecule has 1 unspecified atom stereocenters. The number of ether oxygens (including phenoxy) is 1. The zero-order valence-corrected chi connectivity index (χ0v) is 8.19. The first-order chi connectivity index (χ1) is 6.69. The molecule has 1 rings (SSSR count). The van der Waals surface area contributed by atoms with E-state index in [2.05, 4.69) is 4.74 Å². The minimum Gasteiger partial charge on any atom is -0.468 e. The Balaban J connectivity index is 3.00. The minimum atomic E-state index is -0.806. The molecule has 0 bridgehead atoms. The molecular formula is C11H12O3. The predicted octanol–water partition coefficient (Wildman–Crippen LogP) is 1.45. The molecule has 0 aliphatic rings. The number of benzene rings is 1. The van der Waals surface area contributed by atoms with Crippen molar-refractivity contribution in [2.24, 2.45) is 0 Å². The van der Waals surface area contributed by atoms with Crippen LogP contribution in [0.2, 0.25) is 0 Å². The van der Waals surface area contributed by atoms with Gasteiger partial charge >= 0.3 is 5.97 Å². The highest BCUT2D eigenvalue weighted by molar-refractivity contribution is 5.94. The van der Waals surface area contributed by atoms with Crippen LogP contribution in [0.5, 0.6) is 0 Å². The van der Waals surface area contributed by atoms with Crippen LogP contribution in [0.15, 0.2) is 24.3 Å². The first-order valence-electron chi connectivity index (χ1n) is 4.28. The molecule has 0 N–H and O–H groups in total. The van der Waals surface area contributed by atoms with Crippen molar-refractivity contribution >= 4 is 12.3 Å². The molecule has 1 aromatic carbocycles. The van der Waals surface area contributed by atoms with Crippen LogP contribution in [0.4, 0.5) is 0 Å². The van der Waals surface area contributed by atoms with Crippen molar-refractivity contribution in [2.45, 2.75) is 12.8 Å². The van der Waals surface area contributed by atoms with E-state index in [0.29, 0.717) is 11.8 Å². The fourth-order valence-corrected chi connectivity index (χ4v) is 1.26. The van der Waals surface area contributed by atoms with Crippen molar-refractivity contribution in [1.82, 2.24) is 0 Å². The molecule has 0 spiro atoms. The Labute approximate surface area is 82.7 Å². The summed E-state index contributed by atoms with van der Waals surface area (Å²) in [6, 6.07) is 7.26. The van der Waals surface area contributed by atoms with Gasteiger partial charge in [-0.15, -0.1) is 0 Å². The fraction of sp³-hybridized carbons (Fsp3) is 0.273. The van der Waals surface area contributed by atoms with E-state index in [1.165, 1.54) is 7.11 Å². The van der Waals surface area contributed by atoms with Gasteiger partial charge in [-0.3, -0.25) is 4.79 Å². The smallest absolute Gasteiger partial charge is 0.320 e. The van der Waals surface area contributed by atoms with Gasteiger partial charge in [-0.1, -0.05) is 29.8 Å². The lowest BCUT2D eigenvalue weighted by atomic mass is 9.99. The Morgan fingerprint density at radius 3 is 2.71 bits per heavy atom. The maximum atomic E-state index is 11.2. The molecule has 0 aliphatic carbocycles. The number of esters is 1. The van der Waals surface area contributed by atoms with Gasteiger partial charge in [-0.2, -0.15) is 0 Å². The number of aryl methyl sites for hydroxylation is 1. The van der Waals surface area contributed by atoms with Gasteiger partial charge in [0.15, 0.2) is 0 Å². The van der Waals surface area contributed by atoms with Crippen molar-refractivity contribution in [3.63, 3.8) is 0 Å². The summed E-state index contributed by atoms with van der Waals surface area (Å²) in [4.78, 5) is 21.9. The van der Waals surface area contributed by atoms with E-state index in [0.717, 1.165) is 5.56 Å². The molecule has 0 fully saturated rings. The number of rotatable bonds is 3. The third-order valence-corrected chi connectivity index (χ3v) is 1.99. The summed E-state index contributed by atoms with van der Waals surface area (Å²) in [6.07, 6.45) is 0.598. The first kappa shape index (κ1) is 10.4. The van der Waals surface area contributed by atoms with E-state index in [9.17, 15) is 9.59 Å². The van der Waals surface area contributed by atoms with Gasteiger partial charge in [-0.25, -0.2) is 0 Å². The van der Waals surface area contributed by atoms with E-state index in [1.807, 2.05) is 19.1 Å². The van der Waals surface area contributed by atoms with Crippen molar-refractivity contribution in [3.8, 4) is 0 Å². The standard InChI is InChI=1S/C11H12O3/c1-8-4-3-5-9(6-8)10(7-12)11(13)14-2/h3-7,10H,1-2H3. The molecule has 0 heterocycles. The summed E-state index contributed by atoms with van der Waals surface area (Å²) in [6.45, 7) is 1.91. The normalized spacial score (nSPS) is 11.9. The zero-order valence-electron chi connectivity index (χ0n) is 8.19. The van der Waals surface area contributed by atoms with Crippen LogP contribution < -0.4 is 0 Å². The lowest BCUT2D eigenvalue weighted by molar-refractivity contribution is -0.143. The lowest BCUT2D eigenvalue weighted by Crippen LogP contribution is -2.15. The third-order valence-electron chi connectivity index (χ3n) is 1.99. The summed E-state index contributed by atoms with van der Waals surface area (Å²) in [5.41, 5.74) is 1.69. The number of methoxy groups -OCH3 is 1. The second kappa shape index (κ2) is 4.56. The Bertz CT molecular complexity index is 344. The number of carbonyl (C=O) groups excluding carboxylic acids is 2. The number of hydrogen-bond donors (Lipinski definition) is 0. The van der Waals surface area contributed by atoms with E-state index in [1.54, 1.807) is 12.1 Å². The van der Waals surface area contributed by atoms with Gasteiger partial charge in [0, 0.05) is 0 Å². The lowest BCUT2D eigenvalue weighted by Gasteiger charge is -2.08. The summed E-state index contributed by atoms with van der Waals surface area (Å²) < 4.78 is 4.53. The van der Waals surface area contributed by atoms with Gasteiger partial charge in [0.05, 0.1) is 7.11 Å². The van der Waals surface area contributed by atoms with Gasteiger partial charge in [0.25, 0.3) is 0 Å². The van der Waals surface area contributed by atoms with Gasteiger partial charge < -0.3 is 9.53 Å². The van der Waals surface area contributed by atoms with Crippen LogP contribution in [0, 0.1) is 6.92 Å². The van der Waals surface area contributed by atoms with Crippen molar-refractivity contribution in [1.29, 1.82) is 0 Å². The SMILES string of the molecule is COC(=O)C(C=O)c1cccc(C)c1. The molecule has 0 aliphatic heterocycles. The van der Waals surface area contributed by atoms with E-state index < -0.39 is 11.9 Å². The molecule has 0 radical (unpaired) electrons. The Morgan fingerprint density at radius 1 is 1.50 bits per heavy atom. The highest BCUT2D eigenvalue weighted by Crippen LogP contribution is 2.16. The van der Waals surface area contributed by atoms with Crippen molar-refractivity contribution in [3.05, 3.63) is 35.4 Å². The van der Waals surface area contributed by atoms with Crippen molar-refractivity contribution in [2.75, 3.05) is 7.11 Å². The largest absolute Gasteiger partial charge is 0.468 e. The zero-order chi connectivity index (χ0) is 10.6. The van der Waals surface area contributed by atoms with Crippen LogP contribution in [-0.4, -0.2) is 19.4 Å². The van der Waals surface area contributed by atoms with Crippen LogP contribution in [-0.2, 0) is 14.3 Å².